The lowest BCUT2D eigenvalue weighted by atomic mass is 10.0. The van der Waals surface area contributed by atoms with Gasteiger partial charge < -0.3 is 15.0 Å². The Balaban J connectivity index is 1.88. The fraction of sp³-hybridized carbons (Fsp3) is 0.296. The SMILES string of the molecule is COc1ccc(CN(C(=O)C(C)C)C(Cc2ccccc2)C(=O)NCc2ccncc2)cc1. The van der Waals surface area contributed by atoms with Crippen LogP contribution in [-0.2, 0) is 29.1 Å². The number of pyridine rings is 1. The fourth-order valence-corrected chi connectivity index (χ4v) is 3.59. The van der Waals surface area contributed by atoms with Crippen molar-refractivity contribution < 1.29 is 14.3 Å². The summed E-state index contributed by atoms with van der Waals surface area (Å²) >= 11 is 0. The molecule has 0 saturated carbocycles. The lowest BCUT2D eigenvalue weighted by Gasteiger charge is -2.33. The van der Waals surface area contributed by atoms with Gasteiger partial charge in [0.15, 0.2) is 0 Å². The molecule has 0 radical (unpaired) electrons. The number of rotatable bonds is 10. The molecule has 0 aliphatic heterocycles. The summed E-state index contributed by atoms with van der Waals surface area (Å²) in [5.74, 6) is 0.259. The first-order valence-corrected chi connectivity index (χ1v) is 11.1. The van der Waals surface area contributed by atoms with Gasteiger partial charge in [0.25, 0.3) is 0 Å². The molecule has 172 valence electrons. The second-order valence-corrected chi connectivity index (χ2v) is 8.25. The number of benzene rings is 2. The largest absolute Gasteiger partial charge is 0.497 e. The molecule has 0 bridgehead atoms. The van der Waals surface area contributed by atoms with E-state index in [1.807, 2.05) is 80.6 Å². The van der Waals surface area contributed by atoms with Gasteiger partial charge in [-0.2, -0.15) is 0 Å². The van der Waals surface area contributed by atoms with Crippen LogP contribution in [0, 0.1) is 5.92 Å². The molecular formula is C27H31N3O3. The van der Waals surface area contributed by atoms with Gasteiger partial charge in [-0.15, -0.1) is 0 Å². The highest BCUT2D eigenvalue weighted by Crippen LogP contribution is 2.19. The van der Waals surface area contributed by atoms with Crippen molar-refractivity contribution in [3.05, 3.63) is 95.8 Å². The Hall–Kier alpha value is -3.67. The monoisotopic (exact) mass is 445 g/mol. The maximum atomic E-state index is 13.4. The van der Waals surface area contributed by atoms with E-state index < -0.39 is 6.04 Å². The fourth-order valence-electron chi connectivity index (χ4n) is 3.59. The van der Waals surface area contributed by atoms with Crippen LogP contribution in [0.5, 0.6) is 5.75 Å². The van der Waals surface area contributed by atoms with E-state index in [0.717, 1.165) is 22.4 Å². The highest BCUT2D eigenvalue weighted by atomic mass is 16.5. The van der Waals surface area contributed by atoms with Gasteiger partial charge in [0.2, 0.25) is 11.8 Å². The van der Waals surface area contributed by atoms with Gasteiger partial charge in [-0.3, -0.25) is 14.6 Å². The molecule has 2 amide bonds. The van der Waals surface area contributed by atoms with E-state index in [2.05, 4.69) is 10.3 Å². The standard InChI is InChI=1S/C27H31N3O3/c1-20(2)27(32)30(19-23-9-11-24(33-3)12-10-23)25(17-21-7-5-4-6-8-21)26(31)29-18-22-13-15-28-16-14-22/h4-16,20,25H,17-19H2,1-3H3,(H,29,31). The van der Waals surface area contributed by atoms with Crippen LogP contribution in [0.1, 0.15) is 30.5 Å². The number of amides is 2. The summed E-state index contributed by atoms with van der Waals surface area (Å²) in [6.45, 7) is 4.43. The molecule has 6 heteroatoms. The van der Waals surface area contributed by atoms with Gasteiger partial charge in [0.05, 0.1) is 7.11 Å². The van der Waals surface area contributed by atoms with E-state index in [1.165, 1.54) is 0 Å². The smallest absolute Gasteiger partial charge is 0.243 e. The van der Waals surface area contributed by atoms with E-state index in [9.17, 15) is 9.59 Å². The third kappa shape index (κ3) is 6.91. The molecule has 1 unspecified atom stereocenters. The summed E-state index contributed by atoms with van der Waals surface area (Å²) in [6.07, 6.45) is 3.82. The van der Waals surface area contributed by atoms with Crippen molar-refractivity contribution in [3.63, 3.8) is 0 Å². The van der Waals surface area contributed by atoms with Crippen LogP contribution in [-0.4, -0.2) is 34.8 Å². The van der Waals surface area contributed by atoms with Crippen molar-refractivity contribution >= 4 is 11.8 Å². The molecule has 1 N–H and O–H groups in total. The number of nitrogens with zero attached hydrogens (tertiary/aromatic N) is 2. The molecule has 3 rings (SSSR count). The Morgan fingerprint density at radius 1 is 0.909 bits per heavy atom. The van der Waals surface area contributed by atoms with E-state index in [0.29, 0.717) is 19.5 Å². The van der Waals surface area contributed by atoms with Crippen molar-refractivity contribution in [1.82, 2.24) is 15.2 Å². The van der Waals surface area contributed by atoms with Crippen molar-refractivity contribution in [2.24, 2.45) is 5.92 Å². The lowest BCUT2D eigenvalue weighted by molar-refractivity contribution is -0.143. The number of ether oxygens (including phenoxy) is 1. The third-order valence-electron chi connectivity index (χ3n) is 5.46. The van der Waals surface area contributed by atoms with Crippen LogP contribution in [0.15, 0.2) is 79.1 Å². The van der Waals surface area contributed by atoms with E-state index in [-0.39, 0.29) is 17.7 Å². The topological polar surface area (TPSA) is 71.5 Å². The Morgan fingerprint density at radius 2 is 1.58 bits per heavy atom. The predicted octanol–water partition coefficient (Wildman–Crippen LogP) is 4.00. The van der Waals surface area contributed by atoms with Gasteiger partial charge in [0, 0.05) is 37.8 Å². The number of carbonyl (C=O) groups is 2. The Labute approximate surface area is 195 Å². The first-order valence-electron chi connectivity index (χ1n) is 11.1. The number of methoxy groups -OCH3 is 1. The van der Waals surface area contributed by atoms with E-state index in [1.54, 1.807) is 24.4 Å². The van der Waals surface area contributed by atoms with Crippen LogP contribution in [0.2, 0.25) is 0 Å². The maximum Gasteiger partial charge on any atom is 0.243 e. The van der Waals surface area contributed by atoms with Crippen molar-refractivity contribution in [2.75, 3.05) is 7.11 Å². The molecule has 0 fully saturated rings. The minimum absolute atomic E-state index is 0.0641. The minimum atomic E-state index is -0.647. The number of nitrogens with one attached hydrogen (secondary N) is 1. The first kappa shape index (κ1) is 24.0. The molecule has 1 aromatic heterocycles. The third-order valence-corrected chi connectivity index (χ3v) is 5.46. The normalized spacial score (nSPS) is 11.6. The molecular weight excluding hydrogens is 414 g/mol. The number of carbonyl (C=O) groups excluding carboxylic acids is 2. The van der Waals surface area contributed by atoms with Gasteiger partial charge in [-0.05, 0) is 41.0 Å². The van der Waals surface area contributed by atoms with Gasteiger partial charge in [0.1, 0.15) is 11.8 Å². The quantitative estimate of drug-likeness (QED) is 0.512. The van der Waals surface area contributed by atoms with Gasteiger partial charge in [-0.1, -0.05) is 56.3 Å². The Kier molecular flexibility index (Phi) is 8.58. The predicted molar refractivity (Wildman–Crippen MR) is 128 cm³/mol. The Morgan fingerprint density at radius 3 is 2.18 bits per heavy atom. The first-order chi connectivity index (χ1) is 16.0. The maximum absolute atomic E-state index is 13.4. The molecule has 3 aromatic rings. The molecule has 0 saturated heterocycles. The van der Waals surface area contributed by atoms with Crippen LogP contribution in [0.25, 0.3) is 0 Å². The van der Waals surface area contributed by atoms with E-state index in [4.69, 9.17) is 4.74 Å². The second kappa shape index (κ2) is 11.8. The van der Waals surface area contributed by atoms with Crippen LogP contribution in [0.3, 0.4) is 0 Å². The molecule has 1 atom stereocenters. The number of hydrogen-bond acceptors (Lipinski definition) is 4. The average molecular weight is 446 g/mol. The zero-order chi connectivity index (χ0) is 23.6. The lowest BCUT2D eigenvalue weighted by Crippen LogP contribution is -2.51. The van der Waals surface area contributed by atoms with Crippen molar-refractivity contribution in [2.45, 2.75) is 39.4 Å². The number of aromatic nitrogens is 1. The van der Waals surface area contributed by atoms with Crippen LogP contribution >= 0.6 is 0 Å². The van der Waals surface area contributed by atoms with Gasteiger partial charge >= 0.3 is 0 Å². The summed E-state index contributed by atoms with van der Waals surface area (Å²) in [5, 5.41) is 3.02. The van der Waals surface area contributed by atoms with Gasteiger partial charge in [-0.25, -0.2) is 0 Å². The summed E-state index contributed by atoms with van der Waals surface area (Å²) < 4.78 is 5.25. The second-order valence-electron chi connectivity index (χ2n) is 8.25. The highest BCUT2D eigenvalue weighted by Gasteiger charge is 2.31. The Bertz CT molecular complexity index is 1020. The summed E-state index contributed by atoms with van der Waals surface area (Å²) in [4.78, 5) is 32.4. The minimum Gasteiger partial charge on any atom is -0.497 e. The summed E-state index contributed by atoms with van der Waals surface area (Å²) in [7, 11) is 1.62. The van der Waals surface area contributed by atoms with Crippen LogP contribution in [0.4, 0.5) is 0 Å². The molecule has 6 nitrogen and oxygen atoms in total. The highest BCUT2D eigenvalue weighted by molar-refractivity contribution is 5.88. The zero-order valence-electron chi connectivity index (χ0n) is 19.4. The average Bonchev–Trinajstić information content (AvgIpc) is 2.85. The molecule has 0 aliphatic rings. The molecule has 1 heterocycles. The van der Waals surface area contributed by atoms with Crippen LogP contribution < -0.4 is 10.1 Å². The summed E-state index contributed by atoms with van der Waals surface area (Å²) in [6, 6.07) is 20.4. The number of hydrogen-bond donors (Lipinski definition) is 1. The van der Waals surface area contributed by atoms with Crippen molar-refractivity contribution in [1.29, 1.82) is 0 Å². The molecule has 33 heavy (non-hydrogen) atoms. The summed E-state index contributed by atoms with van der Waals surface area (Å²) in [5.41, 5.74) is 2.89. The molecule has 0 spiro atoms. The molecule has 0 aliphatic carbocycles. The van der Waals surface area contributed by atoms with Crippen molar-refractivity contribution in [3.8, 4) is 5.75 Å². The zero-order valence-corrected chi connectivity index (χ0v) is 19.4. The van der Waals surface area contributed by atoms with E-state index >= 15 is 0 Å². The molecule has 2 aromatic carbocycles.